The van der Waals surface area contributed by atoms with Crippen LogP contribution in [-0.4, -0.2) is 10.1 Å². The predicted octanol–water partition coefficient (Wildman–Crippen LogP) is 5.99. The SMILES string of the molecule is CC(Nc1ccc(Oc2ccccc2Cl)cc1)c1nc(C(C)(C)C)no1. The summed E-state index contributed by atoms with van der Waals surface area (Å²) >= 11 is 6.12. The summed E-state index contributed by atoms with van der Waals surface area (Å²) in [5.41, 5.74) is 0.790. The fraction of sp³-hybridized carbons (Fsp3) is 0.300. The second-order valence-corrected chi connectivity index (χ2v) is 7.54. The fourth-order valence-corrected chi connectivity index (χ4v) is 2.48. The van der Waals surface area contributed by atoms with Crippen LogP contribution in [0.5, 0.6) is 11.5 Å². The van der Waals surface area contributed by atoms with Gasteiger partial charge in [-0.2, -0.15) is 4.98 Å². The molecule has 1 atom stereocenters. The minimum atomic E-state index is -0.140. The fourth-order valence-electron chi connectivity index (χ4n) is 2.30. The third kappa shape index (κ3) is 4.35. The molecule has 0 bridgehead atoms. The Morgan fingerprint density at radius 2 is 1.77 bits per heavy atom. The minimum absolute atomic E-state index is 0.103. The van der Waals surface area contributed by atoms with E-state index in [0.29, 0.717) is 28.2 Å². The lowest BCUT2D eigenvalue weighted by molar-refractivity contribution is 0.354. The van der Waals surface area contributed by atoms with Crippen molar-refractivity contribution in [1.29, 1.82) is 0 Å². The zero-order valence-electron chi connectivity index (χ0n) is 15.3. The number of nitrogens with one attached hydrogen (secondary N) is 1. The van der Waals surface area contributed by atoms with Gasteiger partial charge in [0.2, 0.25) is 5.89 Å². The van der Waals surface area contributed by atoms with E-state index in [0.717, 1.165) is 5.69 Å². The number of para-hydroxylation sites is 1. The monoisotopic (exact) mass is 371 g/mol. The lowest BCUT2D eigenvalue weighted by atomic mass is 9.96. The zero-order valence-corrected chi connectivity index (χ0v) is 16.0. The number of aromatic nitrogens is 2. The number of halogens is 1. The maximum atomic E-state index is 6.12. The molecule has 5 nitrogen and oxygen atoms in total. The van der Waals surface area contributed by atoms with Crippen LogP contribution in [0.15, 0.2) is 53.1 Å². The molecule has 0 aliphatic carbocycles. The molecule has 3 rings (SSSR count). The summed E-state index contributed by atoms with van der Waals surface area (Å²) in [6.07, 6.45) is 0. The first-order valence-electron chi connectivity index (χ1n) is 8.46. The summed E-state index contributed by atoms with van der Waals surface area (Å²) in [6, 6.07) is 14.9. The van der Waals surface area contributed by atoms with Crippen molar-refractivity contribution >= 4 is 17.3 Å². The Hall–Kier alpha value is -2.53. The van der Waals surface area contributed by atoms with Crippen LogP contribution >= 0.6 is 11.6 Å². The van der Waals surface area contributed by atoms with Crippen molar-refractivity contribution in [3.63, 3.8) is 0 Å². The van der Waals surface area contributed by atoms with Crippen molar-refractivity contribution in [2.75, 3.05) is 5.32 Å². The first-order valence-corrected chi connectivity index (χ1v) is 8.84. The largest absolute Gasteiger partial charge is 0.456 e. The average molecular weight is 372 g/mol. The van der Waals surface area contributed by atoms with Crippen LogP contribution in [0.4, 0.5) is 5.69 Å². The van der Waals surface area contributed by atoms with Crippen molar-refractivity contribution < 1.29 is 9.26 Å². The Balaban J connectivity index is 1.65. The number of hydrogen-bond acceptors (Lipinski definition) is 5. The third-order valence-electron chi connectivity index (χ3n) is 3.78. The highest BCUT2D eigenvalue weighted by Crippen LogP contribution is 2.30. The molecule has 1 N–H and O–H groups in total. The smallest absolute Gasteiger partial charge is 0.248 e. The first-order chi connectivity index (χ1) is 12.3. The summed E-state index contributed by atoms with van der Waals surface area (Å²) < 4.78 is 11.2. The Kier molecular flexibility index (Phi) is 5.18. The number of ether oxygens (including phenoxy) is 1. The van der Waals surface area contributed by atoms with E-state index in [1.165, 1.54) is 0 Å². The molecule has 2 aromatic carbocycles. The van der Waals surface area contributed by atoms with E-state index in [2.05, 4.69) is 36.2 Å². The maximum absolute atomic E-state index is 6.12. The van der Waals surface area contributed by atoms with Gasteiger partial charge in [0.25, 0.3) is 0 Å². The van der Waals surface area contributed by atoms with E-state index in [4.69, 9.17) is 20.9 Å². The Morgan fingerprint density at radius 3 is 2.38 bits per heavy atom. The molecule has 0 amide bonds. The second kappa shape index (κ2) is 7.38. The lowest BCUT2D eigenvalue weighted by Crippen LogP contribution is -2.14. The molecule has 6 heteroatoms. The predicted molar refractivity (Wildman–Crippen MR) is 103 cm³/mol. The molecule has 1 aromatic heterocycles. The van der Waals surface area contributed by atoms with Crippen molar-refractivity contribution in [3.8, 4) is 11.5 Å². The average Bonchev–Trinajstić information content (AvgIpc) is 3.09. The van der Waals surface area contributed by atoms with Crippen LogP contribution in [0.2, 0.25) is 5.02 Å². The van der Waals surface area contributed by atoms with Gasteiger partial charge in [0, 0.05) is 11.1 Å². The van der Waals surface area contributed by atoms with E-state index in [1.807, 2.05) is 49.4 Å². The molecule has 1 heterocycles. The van der Waals surface area contributed by atoms with Crippen LogP contribution in [0.3, 0.4) is 0 Å². The van der Waals surface area contributed by atoms with Gasteiger partial charge in [-0.3, -0.25) is 0 Å². The molecule has 0 spiro atoms. The molecule has 26 heavy (non-hydrogen) atoms. The highest BCUT2D eigenvalue weighted by molar-refractivity contribution is 6.32. The normalized spacial score (nSPS) is 12.7. The number of hydrogen-bond donors (Lipinski definition) is 1. The van der Waals surface area contributed by atoms with Gasteiger partial charge < -0.3 is 14.6 Å². The van der Waals surface area contributed by atoms with E-state index >= 15 is 0 Å². The van der Waals surface area contributed by atoms with Gasteiger partial charge in [-0.15, -0.1) is 0 Å². The molecule has 0 aliphatic heterocycles. The highest BCUT2D eigenvalue weighted by atomic mass is 35.5. The van der Waals surface area contributed by atoms with Gasteiger partial charge in [0.15, 0.2) is 5.82 Å². The van der Waals surface area contributed by atoms with Crippen LogP contribution < -0.4 is 10.1 Å². The molecular formula is C20H22ClN3O2. The van der Waals surface area contributed by atoms with Crippen LogP contribution in [0.1, 0.15) is 45.5 Å². The summed E-state index contributed by atoms with van der Waals surface area (Å²) in [4.78, 5) is 4.48. The minimum Gasteiger partial charge on any atom is -0.456 e. The second-order valence-electron chi connectivity index (χ2n) is 7.13. The van der Waals surface area contributed by atoms with Crippen LogP contribution in [0, 0.1) is 0 Å². The summed E-state index contributed by atoms with van der Waals surface area (Å²) in [5.74, 6) is 2.60. The number of rotatable bonds is 5. The maximum Gasteiger partial charge on any atom is 0.248 e. The molecule has 136 valence electrons. The topological polar surface area (TPSA) is 60.2 Å². The molecule has 0 aliphatic rings. The van der Waals surface area contributed by atoms with Gasteiger partial charge >= 0.3 is 0 Å². The van der Waals surface area contributed by atoms with Crippen molar-refractivity contribution in [2.24, 2.45) is 0 Å². The number of nitrogens with zero attached hydrogens (tertiary/aromatic N) is 2. The van der Waals surface area contributed by atoms with Crippen molar-refractivity contribution in [3.05, 3.63) is 65.3 Å². The molecular weight excluding hydrogens is 350 g/mol. The third-order valence-corrected chi connectivity index (χ3v) is 4.10. The highest BCUT2D eigenvalue weighted by Gasteiger charge is 2.23. The van der Waals surface area contributed by atoms with E-state index < -0.39 is 0 Å². The van der Waals surface area contributed by atoms with E-state index in [1.54, 1.807) is 6.07 Å². The van der Waals surface area contributed by atoms with Gasteiger partial charge in [-0.25, -0.2) is 0 Å². The number of benzene rings is 2. The van der Waals surface area contributed by atoms with Crippen LogP contribution in [-0.2, 0) is 5.41 Å². The van der Waals surface area contributed by atoms with Crippen molar-refractivity contribution in [1.82, 2.24) is 10.1 Å². The Labute approximate surface area is 158 Å². The van der Waals surface area contributed by atoms with Gasteiger partial charge in [-0.1, -0.05) is 49.7 Å². The molecule has 3 aromatic rings. The van der Waals surface area contributed by atoms with Gasteiger partial charge in [-0.05, 0) is 43.3 Å². The quantitative estimate of drug-likeness (QED) is 0.597. The molecule has 0 saturated heterocycles. The van der Waals surface area contributed by atoms with Gasteiger partial charge in [0.05, 0.1) is 5.02 Å². The van der Waals surface area contributed by atoms with Gasteiger partial charge in [0.1, 0.15) is 17.5 Å². The molecule has 0 fully saturated rings. The van der Waals surface area contributed by atoms with Crippen molar-refractivity contribution in [2.45, 2.75) is 39.2 Å². The Morgan fingerprint density at radius 1 is 1.08 bits per heavy atom. The number of anilines is 1. The molecule has 0 radical (unpaired) electrons. The van der Waals surface area contributed by atoms with E-state index in [9.17, 15) is 0 Å². The van der Waals surface area contributed by atoms with E-state index in [-0.39, 0.29) is 11.5 Å². The lowest BCUT2D eigenvalue weighted by Gasteiger charge is -2.13. The summed E-state index contributed by atoms with van der Waals surface area (Å²) in [5, 5.41) is 7.99. The standard InChI is InChI=1S/C20H22ClN3O2/c1-13(18-23-19(24-26-18)20(2,3)4)22-14-9-11-15(12-10-14)25-17-8-6-5-7-16(17)21/h5-13,22H,1-4H3. The van der Waals surface area contributed by atoms with Crippen LogP contribution in [0.25, 0.3) is 0 Å². The summed E-state index contributed by atoms with van der Waals surface area (Å²) in [7, 11) is 0. The Bertz CT molecular complexity index is 869. The molecule has 1 unspecified atom stereocenters. The molecule has 0 saturated carbocycles. The first kappa shape index (κ1) is 18.3. The summed E-state index contributed by atoms with van der Waals surface area (Å²) in [6.45, 7) is 8.14. The zero-order chi connectivity index (χ0) is 18.7.